The molecule has 0 aliphatic heterocycles. The summed E-state index contributed by atoms with van der Waals surface area (Å²) in [6, 6.07) is 3.63. The van der Waals surface area contributed by atoms with Gasteiger partial charge in [0.2, 0.25) is 0 Å². The number of nitrogens with zero attached hydrogens (tertiary/aromatic N) is 2. The van der Waals surface area contributed by atoms with Crippen LogP contribution < -0.4 is 15.4 Å². The lowest BCUT2D eigenvalue weighted by Crippen LogP contribution is -2.46. The quantitative estimate of drug-likeness (QED) is 0.299. The summed E-state index contributed by atoms with van der Waals surface area (Å²) in [6.45, 7) is 0.972. The first-order valence-electron chi connectivity index (χ1n) is 8.05. The summed E-state index contributed by atoms with van der Waals surface area (Å²) in [5, 5.41) is 6.28. The van der Waals surface area contributed by atoms with Crippen molar-refractivity contribution >= 4 is 29.9 Å². The number of pyridine rings is 1. The average molecular weight is 472 g/mol. The number of aromatic nitrogens is 1. The lowest BCUT2D eigenvalue weighted by atomic mass is 9.85. The summed E-state index contributed by atoms with van der Waals surface area (Å²) in [6.07, 6.45) is 0.559. The Morgan fingerprint density at radius 1 is 1.32 bits per heavy atom. The van der Waals surface area contributed by atoms with Gasteiger partial charge in [0, 0.05) is 19.3 Å². The van der Waals surface area contributed by atoms with Crippen LogP contribution in [-0.4, -0.2) is 43.4 Å². The molecule has 1 aliphatic carbocycles. The summed E-state index contributed by atoms with van der Waals surface area (Å²) in [5.74, 6) is 0.103. The zero-order chi connectivity index (χ0) is 17.4. The van der Waals surface area contributed by atoms with Gasteiger partial charge in [0.15, 0.2) is 5.96 Å². The molecule has 0 bridgehead atoms. The van der Waals surface area contributed by atoms with Crippen LogP contribution in [0.2, 0.25) is 0 Å². The van der Waals surface area contributed by atoms with Crippen LogP contribution >= 0.6 is 24.0 Å². The van der Waals surface area contributed by atoms with Gasteiger partial charge in [0.05, 0.1) is 18.7 Å². The third-order valence-corrected chi connectivity index (χ3v) is 4.05. The first-order valence-corrected chi connectivity index (χ1v) is 8.05. The molecule has 1 aromatic rings. The smallest absolute Gasteiger partial charge is 0.391 e. The molecule has 25 heavy (non-hydrogen) atoms. The topological polar surface area (TPSA) is 58.5 Å². The highest BCUT2D eigenvalue weighted by Crippen LogP contribution is 2.37. The second-order valence-electron chi connectivity index (χ2n) is 5.77. The first-order chi connectivity index (χ1) is 11.5. The van der Waals surface area contributed by atoms with Crippen LogP contribution in [0.4, 0.5) is 13.2 Å². The van der Waals surface area contributed by atoms with Crippen LogP contribution in [0.15, 0.2) is 29.5 Å². The highest BCUT2D eigenvalue weighted by molar-refractivity contribution is 14.0. The number of ether oxygens (including phenoxy) is 1. The van der Waals surface area contributed by atoms with Crippen molar-refractivity contribution in [3.63, 3.8) is 0 Å². The van der Waals surface area contributed by atoms with Crippen molar-refractivity contribution in [2.45, 2.75) is 37.9 Å². The van der Waals surface area contributed by atoms with Gasteiger partial charge in [0.1, 0.15) is 12.4 Å². The number of guanidine groups is 1. The van der Waals surface area contributed by atoms with E-state index in [4.69, 9.17) is 4.74 Å². The van der Waals surface area contributed by atoms with Crippen molar-refractivity contribution in [2.75, 3.05) is 20.2 Å². The molecule has 0 spiro atoms. The minimum absolute atomic E-state index is 0. The maximum absolute atomic E-state index is 12.7. The van der Waals surface area contributed by atoms with Gasteiger partial charge in [-0.25, -0.2) is 0 Å². The van der Waals surface area contributed by atoms with Crippen molar-refractivity contribution in [3.8, 4) is 5.75 Å². The molecule has 2 N–H and O–H groups in total. The number of hydrogen-bond acceptors (Lipinski definition) is 3. The molecule has 1 fully saturated rings. The lowest BCUT2D eigenvalue weighted by molar-refractivity contribution is -0.182. The molecule has 2 rings (SSSR count). The molecule has 0 aromatic carbocycles. The SMILES string of the molecule is CN=C(NCCOc1cccnc1)NC1CCC(C(F)(F)F)CC1.I. The molecular weight excluding hydrogens is 448 g/mol. The van der Waals surface area contributed by atoms with Gasteiger partial charge in [-0.3, -0.25) is 9.98 Å². The van der Waals surface area contributed by atoms with Crippen molar-refractivity contribution < 1.29 is 17.9 Å². The number of rotatable bonds is 5. The summed E-state index contributed by atoms with van der Waals surface area (Å²) in [7, 11) is 1.64. The highest BCUT2D eigenvalue weighted by Gasteiger charge is 2.41. The van der Waals surface area contributed by atoms with E-state index in [1.165, 1.54) is 0 Å². The van der Waals surface area contributed by atoms with E-state index in [2.05, 4.69) is 20.6 Å². The Labute approximate surface area is 162 Å². The lowest BCUT2D eigenvalue weighted by Gasteiger charge is -2.31. The maximum atomic E-state index is 12.7. The van der Waals surface area contributed by atoms with E-state index in [1.54, 1.807) is 25.5 Å². The zero-order valence-corrected chi connectivity index (χ0v) is 16.4. The Bertz CT molecular complexity index is 520. The molecule has 0 saturated heterocycles. The zero-order valence-electron chi connectivity index (χ0n) is 14.1. The molecule has 1 saturated carbocycles. The molecule has 1 aliphatic rings. The van der Waals surface area contributed by atoms with Gasteiger partial charge in [-0.05, 0) is 37.8 Å². The molecule has 0 atom stereocenters. The van der Waals surface area contributed by atoms with Gasteiger partial charge >= 0.3 is 6.18 Å². The Balaban J connectivity index is 0.00000312. The van der Waals surface area contributed by atoms with Gasteiger partial charge in [-0.15, -0.1) is 24.0 Å². The van der Waals surface area contributed by atoms with E-state index < -0.39 is 12.1 Å². The summed E-state index contributed by atoms with van der Waals surface area (Å²) in [4.78, 5) is 8.05. The minimum Gasteiger partial charge on any atom is -0.490 e. The monoisotopic (exact) mass is 472 g/mol. The Kier molecular flexibility index (Phi) is 9.30. The van der Waals surface area contributed by atoms with Gasteiger partial charge in [-0.2, -0.15) is 13.2 Å². The number of halogens is 4. The number of alkyl halides is 3. The van der Waals surface area contributed by atoms with Crippen LogP contribution in [0.1, 0.15) is 25.7 Å². The van der Waals surface area contributed by atoms with Crippen LogP contribution in [0, 0.1) is 5.92 Å². The minimum atomic E-state index is -4.07. The second-order valence-corrected chi connectivity index (χ2v) is 5.77. The number of nitrogens with one attached hydrogen (secondary N) is 2. The summed E-state index contributed by atoms with van der Waals surface area (Å²) in [5.41, 5.74) is 0. The normalized spacial score (nSPS) is 21.2. The van der Waals surface area contributed by atoms with Crippen LogP contribution in [-0.2, 0) is 0 Å². The molecular formula is C16H24F3IN4O. The predicted molar refractivity (Wildman–Crippen MR) is 101 cm³/mol. The Hall–Kier alpha value is -1.26. The number of aliphatic imine (C=N–C) groups is 1. The van der Waals surface area contributed by atoms with Crippen LogP contribution in [0.3, 0.4) is 0 Å². The van der Waals surface area contributed by atoms with E-state index in [1.807, 2.05) is 6.07 Å². The van der Waals surface area contributed by atoms with Crippen molar-refractivity contribution in [2.24, 2.45) is 10.9 Å². The predicted octanol–water partition coefficient (Wildman–Crippen LogP) is 3.36. The van der Waals surface area contributed by atoms with Crippen molar-refractivity contribution in [3.05, 3.63) is 24.5 Å². The average Bonchev–Trinajstić information content (AvgIpc) is 2.58. The fourth-order valence-corrected chi connectivity index (χ4v) is 2.72. The molecule has 142 valence electrons. The van der Waals surface area contributed by atoms with Crippen LogP contribution in [0.25, 0.3) is 0 Å². The van der Waals surface area contributed by atoms with Gasteiger partial charge in [0.25, 0.3) is 0 Å². The fourth-order valence-electron chi connectivity index (χ4n) is 2.72. The summed E-state index contributed by atoms with van der Waals surface area (Å²) >= 11 is 0. The third kappa shape index (κ3) is 7.66. The molecule has 1 heterocycles. The standard InChI is InChI=1S/C16H23F3N4O.HI/c1-20-15(22-9-10-24-14-3-2-8-21-11-14)23-13-6-4-12(5-7-13)16(17,18)19;/h2-3,8,11-13H,4-7,9-10H2,1H3,(H2,20,22,23);1H. The second kappa shape index (κ2) is 10.7. The Morgan fingerprint density at radius 2 is 2.04 bits per heavy atom. The molecule has 0 radical (unpaired) electrons. The molecule has 0 unspecified atom stereocenters. The van der Waals surface area contributed by atoms with Crippen LogP contribution in [0.5, 0.6) is 5.75 Å². The van der Waals surface area contributed by atoms with E-state index in [0.29, 0.717) is 37.7 Å². The molecule has 0 amide bonds. The van der Waals surface area contributed by atoms with Crippen molar-refractivity contribution in [1.82, 2.24) is 15.6 Å². The third-order valence-electron chi connectivity index (χ3n) is 4.05. The molecule has 5 nitrogen and oxygen atoms in total. The highest BCUT2D eigenvalue weighted by atomic mass is 127. The van der Waals surface area contributed by atoms with E-state index in [-0.39, 0.29) is 42.9 Å². The number of hydrogen-bond donors (Lipinski definition) is 2. The summed E-state index contributed by atoms with van der Waals surface area (Å²) < 4.78 is 43.5. The first kappa shape index (κ1) is 21.8. The maximum Gasteiger partial charge on any atom is 0.391 e. The molecule has 9 heteroatoms. The van der Waals surface area contributed by atoms with Gasteiger partial charge in [-0.1, -0.05) is 0 Å². The van der Waals surface area contributed by atoms with E-state index >= 15 is 0 Å². The molecule has 1 aromatic heterocycles. The fraction of sp³-hybridized carbons (Fsp3) is 0.625. The largest absolute Gasteiger partial charge is 0.490 e. The van der Waals surface area contributed by atoms with E-state index in [9.17, 15) is 13.2 Å². The van der Waals surface area contributed by atoms with E-state index in [0.717, 1.165) is 0 Å². The Morgan fingerprint density at radius 3 is 2.60 bits per heavy atom. The van der Waals surface area contributed by atoms with Gasteiger partial charge < -0.3 is 15.4 Å². The van der Waals surface area contributed by atoms with Crippen molar-refractivity contribution in [1.29, 1.82) is 0 Å².